The average molecular weight is 474 g/mol. The zero-order chi connectivity index (χ0) is 22.3. The average Bonchev–Trinajstić information content (AvgIpc) is 2.71. The third-order valence-corrected chi connectivity index (χ3v) is 6.73. The van der Waals surface area contributed by atoms with Crippen molar-refractivity contribution in [3.05, 3.63) is 69.2 Å². The van der Waals surface area contributed by atoms with E-state index in [0.29, 0.717) is 49.3 Å². The van der Waals surface area contributed by atoms with Crippen LogP contribution in [0.4, 0.5) is 11.6 Å². The van der Waals surface area contributed by atoms with Gasteiger partial charge >= 0.3 is 0 Å². The Morgan fingerprint density at radius 2 is 1.74 bits per heavy atom. The van der Waals surface area contributed by atoms with Gasteiger partial charge in [-0.15, -0.1) is 0 Å². The molecule has 31 heavy (non-hydrogen) atoms. The third kappa shape index (κ3) is 4.22. The lowest BCUT2D eigenvalue weighted by atomic mass is 10.1. The van der Waals surface area contributed by atoms with Crippen LogP contribution in [0, 0.1) is 0 Å². The van der Waals surface area contributed by atoms with Crippen LogP contribution in [-0.4, -0.2) is 32.8 Å². The topological polar surface area (TPSA) is 89.8 Å². The second kappa shape index (κ2) is 8.08. The van der Waals surface area contributed by atoms with Crippen molar-refractivity contribution < 1.29 is 4.57 Å². The van der Waals surface area contributed by atoms with Gasteiger partial charge in [0, 0.05) is 24.2 Å². The van der Waals surface area contributed by atoms with Crippen molar-refractivity contribution >= 4 is 58.4 Å². The number of hydrogen-bond donors (Lipinski definition) is 1. The molecule has 0 atom stereocenters. The van der Waals surface area contributed by atoms with E-state index >= 15 is 0 Å². The minimum atomic E-state index is -2.43. The smallest absolute Gasteiger partial charge is 0.259 e. The molecular weight excluding hydrogens is 456 g/mol. The Kier molecular flexibility index (Phi) is 5.60. The van der Waals surface area contributed by atoms with Crippen LogP contribution in [-0.2, 0) is 11.6 Å². The van der Waals surface area contributed by atoms with E-state index in [1.165, 1.54) is 4.57 Å². The number of halogens is 2. The van der Waals surface area contributed by atoms with Gasteiger partial charge < -0.3 is 9.88 Å². The quantitative estimate of drug-likeness (QED) is 0.432. The number of rotatable bonds is 4. The second-order valence-electron chi connectivity index (χ2n) is 7.37. The summed E-state index contributed by atoms with van der Waals surface area (Å²) in [6, 6.07) is 10.2. The SMILES string of the molecule is Cn1c(=O)c(-c2c(Cl)cccc2Cl)cc2cnc(Nc3ccc(P(C)(C)=O)nc3)nc21. The van der Waals surface area contributed by atoms with Gasteiger partial charge in [0.25, 0.3) is 5.56 Å². The molecule has 0 fully saturated rings. The van der Waals surface area contributed by atoms with E-state index in [1.807, 2.05) is 0 Å². The maximum Gasteiger partial charge on any atom is 0.259 e. The molecule has 4 aromatic rings. The van der Waals surface area contributed by atoms with Crippen molar-refractivity contribution in [2.75, 3.05) is 18.6 Å². The van der Waals surface area contributed by atoms with Gasteiger partial charge in [0.2, 0.25) is 5.95 Å². The van der Waals surface area contributed by atoms with E-state index < -0.39 is 7.14 Å². The van der Waals surface area contributed by atoms with Gasteiger partial charge in [-0.2, -0.15) is 4.98 Å². The second-order valence-corrected chi connectivity index (χ2v) is 11.3. The van der Waals surface area contributed by atoms with E-state index in [4.69, 9.17) is 23.2 Å². The molecule has 0 bridgehead atoms. The van der Waals surface area contributed by atoms with Crippen LogP contribution in [0.3, 0.4) is 0 Å². The molecular formula is C21H18Cl2N5O2P. The molecule has 0 aliphatic rings. The van der Waals surface area contributed by atoms with E-state index in [2.05, 4.69) is 20.3 Å². The summed E-state index contributed by atoms with van der Waals surface area (Å²) in [5, 5.41) is 4.49. The maximum atomic E-state index is 13.0. The number of aromatic nitrogens is 4. The summed E-state index contributed by atoms with van der Waals surface area (Å²) in [6.07, 6.45) is 3.19. The highest BCUT2D eigenvalue weighted by Gasteiger charge is 2.16. The molecule has 10 heteroatoms. The molecule has 0 unspecified atom stereocenters. The van der Waals surface area contributed by atoms with Crippen LogP contribution < -0.4 is 16.3 Å². The summed E-state index contributed by atoms with van der Waals surface area (Å²) in [6.45, 7) is 3.33. The fourth-order valence-electron chi connectivity index (χ4n) is 3.15. The first-order valence-corrected chi connectivity index (χ1v) is 12.6. The van der Waals surface area contributed by atoms with Crippen LogP contribution >= 0.6 is 30.3 Å². The van der Waals surface area contributed by atoms with Gasteiger partial charge in [0.05, 0.1) is 32.9 Å². The molecule has 3 aromatic heterocycles. The minimum absolute atomic E-state index is 0.278. The summed E-state index contributed by atoms with van der Waals surface area (Å²) in [4.78, 5) is 26.1. The molecule has 1 aromatic carbocycles. The lowest BCUT2D eigenvalue weighted by Crippen LogP contribution is -2.20. The minimum Gasteiger partial charge on any atom is -0.323 e. The highest BCUT2D eigenvalue weighted by atomic mass is 35.5. The molecule has 3 heterocycles. The molecule has 1 N–H and O–H groups in total. The molecule has 158 valence electrons. The number of nitrogens with zero attached hydrogens (tertiary/aromatic N) is 4. The first-order chi connectivity index (χ1) is 14.6. The first-order valence-electron chi connectivity index (χ1n) is 9.25. The number of pyridine rings is 2. The van der Waals surface area contributed by atoms with Crippen molar-refractivity contribution in [2.24, 2.45) is 7.05 Å². The monoisotopic (exact) mass is 473 g/mol. The van der Waals surface area contributed by atoms with Gasteiger partial charge in [-0.3, -0.25) is 14.3 Å². The van der Waals surface area contributed by atoms with Crippen molar-refractivity contribution in [1.29, 1.82) is 0 Å². The molecule has 0 aliphatic carbocycles. The number of benzene rings is 1. The summed E-state index contributed by atoms with van der Waals surface area (Å²) < 4.78 is 13.6. The third-order valence-electron chi connectivity index (χ3n) is 4.74. The molecule has 4 rings (SSSR count). The molecule has 0 amide bonds. The Hall–Kier alpha value is -2.73. The normalized spacial score (nSPS) is 11.6. The fourth-order valence-corrected chi connectivity index (χ4v) is 4.52. The maximum absolute atomic E-state index is 13.0. The standard InChI is InChI=1S/C21H18Cl2N5O2P/c1-28-19-12(9-14(20(28)29)18-15(22)5-4-6-16(18)23)10-25-21(27-19)26-13-7-8-17(24-11-13)31(2,3)30/h4-11H,1-3H3,(H,25,26,27). The zero-order valence-electron chi connectivity index (χ0n) is 16.9. The number of fused-ring (bicyclic) bond motifs is 1. The van der Waals surface area contributed by atoms with Crippen molar-refractivity contribution in [1.82, 2.24) is 19.5 Å². The van der Waals surface area contributed by atoms with Crippen LogP contribution in [0.15, 0.2) is 53.6 Å². The Balaban J connectivity index is 1.75. The Labute approximate surface area is 188 Å². The Morgan fingerprint density at radius 3 is 2.35 bits per heavy atom. The summed E-state index contributed by atoms with van der Waals surface area (Å²) in [5.41, 5.74) is 2.21. The summed E-state index contributed by atoms with van der Waals surface area (Å²) in [7, 11) is -0.798. The van der Waals surface area contributed by atoms with Gasteiger partial charge in [-0.05, 0) is 43.7 Å². The van der Waals surface area contributed by atoms with Crippen molar-refractivity contribution in [3.63, 3.8) is 0 Å². The van der Waals surface area contributed by atoms with Crippen molar-refractivity contribution in [3.8, 4) is 11.1 Å². The summed E-state index contributed by atoms with van der Waals surface area (Å²) in [5.74, 6) is 0.303. The number of aryl methyl sites for hydroxylation is 1. The zero-order valence-corrected chi connectivity index (χ0v) is 19.3. The lowest BCUT2D eigenvalue weighted by Gasteiger charge is -2.12. The van der Waals surface area contributed by atoms with E-state index in [9.17, 15) is 9.36 Å². The van der Waals surface area contributed by atoms with E-state index in [1.54, 1.807) is 69.2 Å². The predicted octanol–water partition coefficient (Wildman–Crippen LogP) is 4.69. The fraction of sp³-hybridized carbons (Fsp3) is 0.143. The van der Waals surface area contributed by atoms with Crippen LogP contribution in [0.1, 0.15) is 0 Å². The highest BCUT2D eigenvalue weighted by Crippen LogP contribution is 2.34. The predicted molar refractivity (Wildman–Crippen MR) is 127 cm³/mol. The van der Waals surface area contributed by atoms with Crippen molar-refractivity contribution in [2.45, 2.75) is 0 Å². The van der Waals surface area contributed by atoms with Gasteiger partial charge in [0.1, 0.15) is 12.8 Å². The van der Waals surface area contributed by atoms with Gasteiger partial charge in [-0.25, -0.2) is 4.98 Å². The molecule has 7 nitrogen and oxygen atoms in total. The van der Waals surface area contributed by atoms with E-state index in [0.717, 1.165) is 0 Å². The Morgan fingerprint density at radius 1 is 1.03 bits per heavy atom. The van der Waals surface area contributed by atoms with Crippen LogP contribution in [0.5, 0.6) is 0 Å². The first kappa shape index (κ1) is 21.5. The lowest BCUT2D eigenvalue weighted by molar-refractivity contribution is 0.588. The molecule has 0 aliphatic heterocycles. The molecule has 0 saturated carbocycles. The number of anilines is 2. The summed E-state index contributed by atoms with van der Waals surface area (Å²) >= 11 is 12.6. The van der Waals surface area contributed by atoms with E-state index in [-0.39, 0.29) is 5.56 Å². The van der Waals surface area contributed by atoms with Gasteiger partial charge in [-0.1, -0.05) is 29.3 Å². The molecule has 0 radical (unpaired) electrons. The Bertz CT molecular complexity index is 1390. The van der Waals surface area contributed by atoms with Crippen LogP contribution in [0.2, 0.25) is 10.0 Å². The largest absolute Gasteiger partial charge is 0.323 e. The number of nitrogens with one attached hydrogen (secondary N) is 1. The highest BCUT2D eigenvalue weighted by molar-refractivity contribution is 7.69. The number of hydrogen-bond acceptors (Lipinski definition) is 6. The van der Waals surface area contributed by atoms with Gasteiger partial charge in [0.15, 0.2) is 0 Å². The molecule has 0 spiro atoms. The van der Waals surface area contributed by atoms with Crippen LogP contribution in [0.25, 0.3) is 22.2 Å². The molecule has 0 saturated heterocycles.